The summed E-state index contributed by atoms with van der Waals surface area (Å²) in [6.45, 7) is 0. The highest BCUT2D eigenvalue weighted by Gasteiger charge is 2.28. The number of para-hydroxylation sites is 2. The van der Waals surface area contributed by atoms with E-state index in [0.29, 0.717) is 5.92 Å². The predicted molar refractivity (Wildman–Crippen MR) is 105 cm³/mol. The van der Waals surface area contributed by atoms with E-state index in [4.69, 9.17) is 0 Å². The molecule has 2 aromatic heterocycles. The van der Waals surface area contributed by atoms with Crippen molar-refractivity contribution in [3.63, 3.8) is 0 Å². The monoisotopic (exact) mass is 366 g/mol. The minimum Gasteiger partial charge on any atom is -0.330 e. The summed E-state index contributed by atoms with van der Waals surface area (Å²) in [5.41, 5.74) is 1.59. The van der Waals surface area contributed by atoms with Crippen molar-refractivity contribution in [3.8, 4) is 5.69 Å². The minimum atomic E-state index is -0.171. The first-order valence-corrected chi connectivity index (χ1v) is 9.89. The van der Waals surface area contributed by atoms with Crippen LogP contribution in [0.1, 0.15) is 36.6 Å². The smallest absolute Gasteiger partial charge is 0.319 e. The maximum atomic E-state index is 12.7. The number of anilines is 1. The molecule has 1 aliphatic carbocycles. The predicted octanol–water partition coefficient (Wildman–Crippen LogP) is 4.99. The first kappa shape index (κ1) is 16.8. The summed E-state index contributed by atoms with van der Waals surface area (Å²) in [6.07, 6.45) is 8.44. The molecule has 6 heteroatoms. The number of nitrogens with one attached hydrogen (secondary N) is 2. The summed E-state index contributed by atoms with van der Waals surface area (Å²) < 4.78 is 1.75. The third-order valence-electron chi connectivity index (χ3n) is 4.91. The second-order valence-electron chi connectivity index (χ2n) is 6.60. The highest BCUT2D eigenvalue weighted by molar-refractivity contribution is 7.10. The van der Waals surface area contributed by atoms with Gasteiger partial charge < -0.3 is 10.6 Å². The van der Waals surface area contributed by atoms with Crippen LogP contribution in [0, 0.1) is 5.92 Å². The number of carbonyl (C=O) groups is 1. The van der Waals surface area contributed by atoms with E-state index in [0.717, 1.165) is 11.4 Å². The Hall–Kier alpha value is -2.60. The largest absolute Gasteiger partial charge is 0.330 e. The minimum absolute atomic E-state index is 0.0781. The number of carbonyl (C=O) groups excluding carboxylic acids is 1. The van der Waals surface area contributed by atoms with E-state index in [9.17, 15) is 4.79 Å². The number of nitrogens with zero attached hydrogens (tertiary/aromatic N) is 2. The van der Waals surface area contributed by atoms with Crippen LogP contribution in [0.25, 0.3) is 5.69 Å². The first-order chi connectivity index (χ1) is 12.8. The van der Waals surface area contributed by atoms with Crippen LogP contribution >= 0.6 is 11.3 Å². The molecule has 1 unspecified atom stereocenters. The highest BCUT2D eigenvalue weighted by atomic mass is 32.1. The van der Waals surface area contributed by atoms with E-state index >= 15 is 0 Å². The van der Waals surface area contributed by atoms with Gasteiger partial charge in [0.15, 0.2) is 0 Å². The van der Waals surface area contributed by atoms with Crippen LogP contribution < -0.4 is 10.6 Å². The Bertz CT molecular complexity index is 839. The second-order valence-corrected chi connectivity index (χ2v) is 7.58. The molecule has 0 bridgehead atoms. The van der Waals surface area contributed by atoms with Gasteiger partial charge in [0.1, 0.15) is 0 Å². The maximum Gasteiger partial charge on any atom is 0.319 e. The van der Waals surface area contributed by atoms with E-state index < -0.39 is 0 Å². The fraction of sp³-hybridized carbons (Fsp3) is 0.300. The SMILES string of the molecule is O=C(Nc1ccccc1-n1cccn1)NC(c1cccs1)C1CCCC1. The summed E-state index contributed by atoms with van der Waals surface area (Å²) in [5.74, 6) is 0.515. The van der Waals surface area contributed by atoms with Gasteiger partial charge >= 0.3 is 6.03 Å². The topological polar surface area (TPSA) is 59.0 Å². The van der Waals surface area contributed by atoms with Gasteiger partial charge in [0, 0.05) is 17.3 Å². The molecule has 0 saturated heterocycles. The Balaban J connectivity index is 1.51. The number of benzene rings is 1. The van der Waals surface area contributed by atoms with E-state index in [-0.39, 0.29) is 12.1 Å². The molecular weight excluding hydrogens is 344 g/mol. The fourth-order valence-electron chi connectivity index (χ4n) is 3.67. The lowest BCUT2D eigenvalue weighted by atomic mass is 9.97. The molecule has 4 rings (SSSR count). The van der Waals surface area contributed by atoms with Gasteiger partial charge in [-0.05, 0) is 48.4 Å². The van der Waals surface area contributed by atoms with Gasteiger partial charge in [0.25, 0.3) is 0 Å². The number of hydrogen-bond donors (Lipinski definition) is 2. The van der Waals surface area contributed by atoms with Crippen LogP contribution in [0.4, 0.5) is 10.5 Å². The fourth-order valence-corrected chi connectivity index (χ4v) is 4.54. The van der Waals surface area contributed by atoms with Gasteiger partial charge in [-0.15, -0.1) is 11.3 Å². The molecule has 2 N–H and O–H groups in total. The van der Waals surface area contributed by atoms with E-state index in [1.807, 2.05) is 36.5 Å². The van der Waals surface area contributed by atoms with Crippen molar-refractivity contribution in [3.05, 3.63) is 65.1 Å². The van der Waals surface area contributed by atoms with Crippen LogP contribution in [-0.4, -0.2) is 15.8 Å². The molecule has 0 radical (unpaired) electrons. The average molecular weight is 366 g/mol. The second kappa shape index (κ2) is 7.74. The maximum absolute atomic E-state index is 12.7. The molecule has 3 aromatic rings. The molecule has 1 aliphatic rings. The molecule has 1 saturated carbocycles. The number of aromatic nitrogens is 2. The summed E-state index contributed by atoms with van der Waals surface area (Å²) in [4.78, 5) is 14.0. The van der Waals surface area contributed by atoms with Crippen molar-refractivity contribution < 1.29 is 4.79 Å². The normalized spacial score (nSPS) is 15.7. The number of urea groups is 1. The Kier molecular flexibility index (Phi) is 5.02. The zero-order valence-electron chi connectivity index (χ0n) is 14.5. The summed E-state index contributed by atoms with van der Waals surface area (Å²) in [6, 6.07) is 13.6. The Morgan fingerprint density at radius 1 is 1.15 bits per heavy atom. The van der Waals surface area contributed by atoms with Crippen LogP contribution in [0.3, 0.4) is 0 Å². The van der Waals surface area contributed by atoms with Gasteiger partial charge in [-0.25, -0.2) is 9.48 Å². The molecule has 2 amide bonds. The standard InChI is InChI=1S/C20H22N4OS/c25-20(22-16-9-3-4-10-17(16)24-13-6-12-21-24)23-19(15-7-1-2-8-15)18-11-5-14-26-18/h3-6,9-15,19H,1-2,7-8H2,(H2,22,23,25). The third kappa shape index (κ3) is 3.65. The summed E-state index contributed by atoms with van der Waals surface area (Å²) in [7, 11) is 0. The zero-order valence-corrected chi connectivity index (χ0v) is 15.3. The molecule has 134 valence electrons. The van der Waals surface area contributed by atoms with Crippen LogP contribution in [0.15, 0.2) is 60.2 Å². The lowest BCUT2D eigenvalue weighted by Gasteiger charge is -2.24. The molecule has 5 nitrogen and oxygen atoms in total. The molecule has 2 heterocycles. The van der Waals surface area contributed by atoms with Crippen molar-refractivity contribution in [2.75, 3.05) is 5.32 Å². The Labute approximate surface area is 157 Å². The van der Waals surface area contributed by atoms with Crippen LogP contribution in [0.5, 0.6) is 0 Å². The Morgan fingerprint density at radius 2 is 2.00 bits per heavy atom. The van der Waals surface area contributed by atoms with Gasteiger partial charge in [0.05, 0.1) is 17.4 Å². The number of rotatable bonds is 5. The molecule has 0 aliphatic heterocycles. The zero-order chi connectivity index (χ0) is 17.8. The van der Waals surface area contributed by atoms with E-state index in [2.05, 4.69) is 33.2 Å². The number of hydrogen-bond acceptors (Lipinski definition) is 3. The molecule has 26 heavy (non-hydrogen) atoms. The van der Waals surface area contributed by atoms with Gasteiger partial charge in [-0.2, -0.15) is 5.10 Å². The van der Waals surface area contributed by atoms with Crippen molar-refractivity contribution in [2.24, 2.45) is 5.92 Å². The molecule has 1 atom stereocenters. The lowest BCUT2D eigenvalue weighted by molar-refractivity contribution is 0.243. The third-order valence-corrected chi connectivity index (χ3v) is 5.87. The number of amides is 2. The highest BCUT2D eigenvalue weighted by Crippen LogP contribution is 2.37. The Morgan fingerprint density at radius 3 is 2.73 bits per heavy atom. The van der Waals surface area contributed by atoms with Gasteiger partial charge in [0.2, 0.25) is 0 Å². The quantitative estimate of drug-likeness (QED) is 0.668. The van der Waals surface area contributed by atoms with Gasteiger partial charge in [-0.3, -0.25) is 0 Å². The average Bonchev–Trinajstić information content (AvgIpc) is 3.44. The van der Waals surface area contributed by atoms with Crippen molar-refractivity contribution in [1.29, 1.82) is 0 Å². The molecule has 0 spiro atoms. The van der Waals surface area contributed by atoms with Crippen molar-refractivity contribution in [2.45, 2.75) is 31.7 Å². The lowest BCUT2D eigenvalue weighted by Crippen LogP contribution is -2.35. The van der Waals surface area contributed by atoms with Crippen molar-refractivity contribution in [1.82, 2.24) is 15.1 Å². The molecule has 1 aromatic carbocycles. The first-order valence-electron chi connectivity index (χ1n) is 9.01. The molecular formula is C20H22N4OS. The number of thiophene rings is 1. The van der Waals surface area contributed by atoms with E-state index in [1.54, 1.807) is 22.2 Å². The van der Waals surface area contributed by atoms with E-state index in [1.165, 1.54) is 30.6 Å². The van der Waals surface area contributed by atoms with Crippen LogP contribution in [-0.2, 0) is 0 Å². The molecule has 1 fully saturated rings. The summed E-state index contributed by atoms with van der Waals surface area (Å²) >= 11 is 1.71. The van der Waals surface area contributed by atoms with Gasteiger partial charge in [-0.1, -0.05) is 31.0 Å². The van der Waals surface area contributed by atoms with Crippen molar-refractivity contribution >= 4 is 23.1 Å². The van der Waals surface area contributed by atoms with Crippen LogP contribution in [0.2, 0.25) is 0 Å². The summed E-state index contributed by atoms with van der Waals surface area (Å²) in [5, 5.41) is 12.6.